The summed E-state index contributed by atoms with van der Waals surface area (Å²) in [6.07, 6.45) is 4.15. The van der Waals surface area contributed by atoms with Gasteiger partial charge in [0.25, 0.3) is 0 Å². The second kappa shape index (κ2) is 8.15. The molecule has 1 saturated heterocycles. The van der Waals surface area contributed by atoms with Crippen molar-refractivity contribution in [1.82, 2.24) is 20.2 Å². The van der Waals surface area contributed by atoms with E-state index in [0.717, 1.165) is 5.82 Å². The van der Waals surface area contributed by atoms with Crippen LogP contribution in [0.2, 0.25) is 0 Å². The lowest BCUT2D eigenvalue weighted by Crippen LogP contribution is -2.52. The number of H-pyrrole nitrogens is 1. The SMILES string of the molecule is NC(N)=N[C@H]1CNC(=O)[C@@H](N=C(N)N)CN(CCc2ncc[nH]2)C1. The molecule has 0 aliphatic carbocycles. The first-order valence-corrected chi connectivity index (χ1v) is 7.60. The number of aromatic amines is 1. The molecule has 2 atom stereocenters. The first-order valence-electron chi connectivity index (χ1n) is 7.60. The molecule has 0 spiro atoms. The summed E-state index contributed by atoms with van der Waals surface area (Å²) in [5.74, 6) is 0.462. The molecule has 1 amide bonds. The molecule has 10 N–H and O–H groups in total. The minimum absolute atomic E-state index is 0.0124. The summed E-state index contributed by atoms with van der Waals surface area (Å²) in [4.78, 5) is 29.7. The summed E-state index contributed by atoms with van der Waals surface area (Å²) >= 11 is 0. The van der Waals surface area contributed by atoms with Crippen LogP contribution in [0.1, 0.15) is 5.82 Å². The Morgan fingerprint density at radius 1 is 1.25 bits per heavy atom. The topological polar surface area (TPSA) is 190 Å². The van der Waals surface area contributed by atoms with Crippen molar-refractivity contribution in [3.8, 4) is 0 Å². The van der Waals surface area contributed by atoms with Crippen LogP contribution in [0.5, 0.6) is 0 Å². The van der Waals surface area contributed by atoms with Crippen LogP contribution in [0, 0.1) is 0 Å². The molecule has 2 heterocycles. The molecule has 132 valence electrons. The summed E-state index contributed by atoms with van der Waals surface area (Å²) in [6, 6.07) is -0.914. The Hall–Kier alpha value is -2.82. The Bertz CT molecular complexity index is 588. The molecule has 1 fully saturated rings. The Kier molecular flexibility index (Phi) is 5.95. The van der Waals surface area contributed by atoms with Crippen molar-refractivity contribution in [3.05, 3.63) is 18.2 Å². The number of hydrogen-bond acceptors (Lipinski definition) is 5. The van der Waals surface area contributed by atoms with Gasteiger partial charge in [0.15, 0.2) is 11.9 Å². The highest BCUT2D eigenvalue weighted by molar-refractivity contribution is 5.86. The fourth-order valence-corrected chi connectivity index (χ4v) is 2.56. The van der Waals surface area contributed by atoms with E-state index in [1.807, 2.05) is 0 Å². The van der Waals surface area contributed by atoms with Gasteiger partial charge in [-0.1, -0.05) is 0 Å². The Labute approximate surface area is 139 Å². The van der Waals surface area contributed by atoms with Gasteiger partial charge < -0.3 is 33.2 Å². The number of amides is 1. The fraction of sp³-hybridized carbons (Fsp3) is 0.538. The number of carbonyl (C=O) groups is 1. The molecular weight excluding hydrogens is 312 g/mol. The van der Waals surface area contributed by atoms with Gasteiger partial charge in [0.05, 0.1) is 6.04 Å². The van der Waals surface area contributed by atoms with Crippen LogP contribution >= 0.6 is 0 Å². The molecular formula is C13H24N10O. The van der Waals surface area contributed by atoms with Crippen molar-refractivity contribution in [2.24, 2.45) is 32.9 Å². The first kappa shape index (κ1) is 17.5. The second-order valence-electron chi connectivity index (χ2n) is 5.57. The number of nitrogens with zero attached hydrogens (tertiary/aromatic N) is 4. The third-order valence-electron chi connectivity index (χ3n) is 3.57. The molecule has 1 aliphatic rings. The van der Waals surface area contributed by atoms with Gasteiger partial charge in [-0.2, -0.15) is 0 Å². The van der Waals surface area contributed by atoms with Crippen LogP contribution < -0.4 is 28.3 Å². The van der Waals surface area contributed by atoms with Gasteiger partial charge in [0.2, 0.25) is 5.91 Å². The Morgan fingerprint density at radius 3 is 2.62 bits per heavy atom. The quantitative estimate of drug-likeness (QED) is 0.239. The molecule has 2 rings (SSSR count). The zero-order chi connectivity index (χ0) is 17.5. The first-order chi connectivity index (χ1) is 11.4. The number of nitrogens with one attached hydrogen (secondary N) is 2. The number of guanidine groups is 2. The molecule has 11 nitrogen and oxygen atoms in total. The maximum absolute atomic E-state index is 12.2. The average Bonchev–Trinajstić information content (AvgIpc) is 3.00. The summed E-state index contributed by atoms with van der Waals surface area (Å²) < 4.78 is 0. The number of aromatic nitrogens is 2. The van der Waals surface area contributed by atoms with E-state index in [9.17, 15) is 4.79 Å². The van der Waals surface area contributed by atoms with E-state index >= 15 is 0 Å². The molecule has 24 heavy (non-hydrogen) atoms. The van der Waals surface area contributed by atoms with E-state index in [4.69, 9.17) is 22.9 Å². The van der Waals surface area contributed by atoms with E-state index in [1.54, 1.807) is 12.4 Å². The zero-order valence-electron chi connectivity index (χ0n) is 13.4. The Morgan fingerprint density at radius 2 is 2.00 bits per heavy atom. The van der Waals surface area contributed by atoms with Gasteiger partial charge in [-0.3, -0.25) is 9.69 Å². The molecule has 0 bridgehead atoms. The second-order valence-corrected chi connectivity index (χ2v) is 5.57. The number of carbonyl (C=O) groups excluding carboxylic acids is 1. The maximum Gasteiger partial charge on any atom is 0.246 e. The fourth-order valence-electron chi connectivity index (χ4n) is 2.56. The third-order valence-corrected chi connectivity index (χ3v) is 3.57. The van der Waals surface area contributed by atoms with E-state index in [0.29, 0.717) is 32.6 Å². The summed E-state index contributed by atoms with van der Waals surface area (Å²) in [7, 11) is 0. The lowest BCUT2D eigenvalue weighted by atomic mass is 10.1. The van der Waals surface area contributed by atoms with Crippen LogP contribution in [0.15, 0.2) is 22.4 Å². The molecule has 0 radical (unpaired) electrons. The summed E-state index contributed by atoms with van der Waals surface area (Å²) in [5, 5.41) is 2.77. The van der Waals surface area contributed by atoms with Crippen LogP contribution in [0.4, 0.5) is 0 Å². The molecule has 0 saturated carbocycles. The van der Waals surface area contributed by atoms with Crippen molar-refractivity contribution in [1.29, 1.82) is 0 Å². The van der Waals surface area contributed by atoms with Gasteiger partial charge in [-0.25, -0.2) is 15.0 Å². The molecule has 11 heteroatoms. The van der Waals surface area contributed by atoms with Crippen molar-refractivity contribution >= 4 is 17.8 Å². The highest BCUT2D eigenvalue weighted by Crippen LogP contribution is 2.07. The largest absolute Gasteiger partial charge is 0.370 e. The molecule has 1 aliphatic heterocycles. The number of nitrogens with two attached hydrogens (primary N) is 4. The van der Waals surface area contributed by atoms with Crippen molar-refractivity contribution in [3.63, 3.8) is 0 Å². The zero-order valence-corrected chi connectivity index (χ0v) is 13.4. The monoisotopic (exact) mass is 336 g/mol. The van der Waals surface area contributed by atoms with Gasteiger partial charge in [-0.05, 0) is 0 Å². The van der Waals surface area contributed by atoms with E-state index < -0.39 is 6.04 Å². The van der Waals surface area contributed by atoms with Crippen LogP contribution in [0.25, 0.3) is 0 Å². The predicted molar refractivity (Wildman–Crippen MR) is 90.9 cm³/mol. The van der Waals surface area contributed by atoms with E-state index in [2.05, 4.69) is 30.2 Å². The van der Waals surface area contributed by atoms with Gasteiger partial charge in [0, 0.05) is 45.0 Å². The smallest absolute Gasteiger partial charge is 0.246 e. The number of rotatable bonds is 5. The Balaban J connectivity index is 2.11. The van der Waals surface area contributed by atoms with E-state index in [-0.39, 0.29) is 23.9 Å². The lowest BCUT2D eigenvalue weighted by molar-refractivity contribution is -0.123. The van der Waals surface area contributed by atoms with E-state index in [1.165, 1.54) is 0 Å². The third kappa shape index (κ3) is 5.43. The van der Waals surface area contributed by atoms with Crippen molar-refractivity contribution in [2.75, 3.05) is 26.2 Å². The number of hydrogen-bond donors (Lipinski definition) is 6. The van der Waals surface area contributed by atoms with Crippen molar-refractivity contribution in [2.45, 2.75) is 18.5 Å². The van der Waals surface area contributed by atoms with Crippen molar-refractivity contribution < 1.29 is 4.79 Å². The molecule has 0 aromatic carbocycles. The van der Waals surface area contributed by atoms with Gasteiger partial charge in [-0.15, -0.1) is 0 Å². The number of aliphatic imine (C=N–C) groups is 2. The average molecular weight is 336 g/mol. The molecule has 1 aromatic rings. The number of imidazole rings is 1. The minimum atomic E-state index is -0.674. The molecule has 0 unspecified atom stereocenters. The predicted octanol–water partition coefficient (Wildman–Crippen LogP) is -3.33. The summed E-state index contributed by atoms with van der Waals surface area (Å²) in [5.41, 5.74) is 21.8. The normalized spacial score (nSPS) is 22.1. The molecule has 1 aromatic heterocycles. The van der Waals surface area contributed by atoms with Crippen LogP contribution in [0.3, 0.4) is 0 Å². The van der Waals surface area contributed by atoms with Crippen LogP contribution in [-0.2, 0) is 11.2 Å². The lowest BCUT2D eigenvalue weighted by Gasteiger charge is -2.30. The summed E-state index contributed by atoms with van der Waals surface area (Å²) in [6.45, 7) is 1.90. The minimum Gasteiger partial charge on any atom is -0.370 e. The van der Waals surface area contributed by atoms with Gasteiger partial charge in [0.1, 0.15) is 11.9 Å². The van der Waals surface area contributed by atoms with Crippen LogP contribution in [-0.4, -0.2) is 71.0 Å². The standard InChI is InChI=1S/C13H24N10O/c14-12(15)21-8-5-20-11(24)9(22-13(16)17)7-23(6-8)4-1-10-18-2-3-19-10/h2-3,8-9H,1,4-7H2,(H,18,19)(H,20,24)(H4,14,15,21)(H4,16,17,22)/t8-,9-/m0/s1. The van der Waals surface area contributed by atoms with Gasteiger partial charge >= 0.3 is 0 Å². The highest BCUT2D eigenvalue weighted by Gasteiger charge is 2.27. The highest BCUT2D eigenvalue weighted by atomic mass is 16.2. The maximum atomic E-state index is 12.2.